The van der Waals surface area contributed by atoms with Crippen molar-refractivity contribution in [2.75, 3.05) is 15.2 Å². The number of rotatable bonds is 6. The maximum absolute atomic E-state index is 13.2. The number of aryl methyl sites for hydroxylation is 6. The Balaban J connectivity index is 2.40. The van der Waals surface area contributed by atoms with Crippen LogP contribution in [0.3, 0.4) is 0 Å². The van der Waals surface area contributed by atoms with Gasteiger partial charge in [-0.05, 0) is 140 Å². The standard InChI is InChI=1S/C36H51BN3O3/c1-22-16-28(38(41)34(7,8)9)17-23(2)31(22)37(32-24(3)18-29(19-25(32)4)39(42)35(10,11)12)33-26(5)20-30(21-27(33)6)40(43)36(13,14)15/h16-21H,1-15H3. The largest absolute Gasteiger partial charge is 0.243 e. The van der Waals surface area contributed by atoms with E-state index in [4.69, 9.17) is 0 Å². The lowest BCUT2D eigenvalue weighted by Gasteiger charge is -2.33. The molecule has 3 rings (SSSR count). The molecule has 0 fully saturated rings. The molecule has 0 saturated heterocycles. The molecule has 231 valence electrons. The van der Waals surface area contributed by atoms with Gasteiger partial charge in [0.2, 0.25) is 6.71 Å². The van der Waals surface area contributed by atoms with Crippen molar-refractivity contribution in [3.63, 3.8) is 0 Å². The molecule has 0 bridgehead atoms. The predicted molar refractivity (Wildman–Crippen MR) is 181 cm³/mol. The molecule has 0 aliphatic carbocycles. The summed E-state index contributed by atoms with van der Waals surface area (Å²) in [5.41, 5.74) is 9.74. The van der Waals surface area contributed by atoms with Gasteiger partial charge in [-0.2, -0.15) is 0 Å². The van der Waals surface area contributed by atoms with E-state index in [9.17, 15) is 15.6 Å². The van der Waals surface area contributed by atoms with Crippen molar-refractivity contribution >= 4 is 40.2 Å². The number of hydroxylamine groups is 3. The van der Waals surface area contributed by atoms with Crippen LogP contribution in [0.4, 0.5) is 17.1 Å². The van der Waals surface area contributed by atoms with Crippen molar-refractivity contribution in [3.8, 4) is 0 Å². The lowest BCUT2D eigenvalue weighted by atomic mass is 9.33. The highest BCUT2D eigenvalue weighted by atomic mass is 16.5. The van der Waals surface area contributed by atoms with E-state index in [1.165, 1.54) is 0 Å². The Morgan fingerprint density at radius 1 is 0.395 bits per heavy atom. The minimum absolute atomic E-state index is 0.170. The van der Waals surface area contributed by atoms with Crippen LogP contribution in [-0.2, 0) is 15.6 Å². The van der Waals surface area contributed by atoms with Crippen LogP contribution in [0.2, 0.25) is 0 Å². The molecular formula is C36H51BN3O3. The first-order valence-corrected chi connectivity index (χ1v) is 15.2. The van der Waals surface area contributed by atoms with Crippen molar-refractivity contribution in [2.24, 2.45) is 0 Å². The predicted octanol–water partition coefficient (Wildman–Crippen LogP) is 6.90. The van der Waals surface area contributed by atoms with Crippen LogP contribution in [0.25, 0.3) is 0 Å². The Morgan fingerprint density at radius 2 is 0.558 bits per heavy atom. The fraction of sp³-hybridized carbons (Fsp3) is 0.500. The van der Waals surface area contributed by atoms with E-state index < -0.39 is 16.6 Å². The van der Waals surface area contributed by atoms with Crippen LogP contribution in [0, 0.1) is 41.5 Å². The highest BCUT2D eigenvalue weighted by Gasteiger charge is 2.34. The summed E-state index contributed by atoms with van der Waals surface area (Å²) in [6.45, 7) is 29.5. The summed E-state index contributed by atoms with van der Waals surface area (Å²) in [6.07, 6.45) is 0. The van der Waals surface area contributed by atoms with Crippen LogP contribution in [-0.4, -0.2) is 23.3 Å². The Kier molecular flexibility index (Phi) is 9.49. The van der Waals surface area contributed by atoms with Gasteiger partial charge in [0, 0.05) is 0 Å². The second-order valence-corrected chi connectivity index (χ2v) is 15.3. The molecule has 0 N–H and O–H groups in total. The van der Waals surface area contributed by atoms with Crippen LogP contribution in [0.15, 0.2) is 36.4 Å². The monoisotopic (exact) mass is 584 g/mol. The number of anilines is 3. The molecule has 0 heterocycles. The molecule has 0 atom stereocenters. The highest BCUT2D eigenvalue weighted by Crippen LogP contribution is 2.28. The fourth-order valence-electron chi connectivity index (χ4n) is 6.17. The number of hydrogen-bond donors (Lipinski definition) is 0. The first-order chi connectivity index (χ1) is 19.5. The van der Waals surface area contributed by atoms with Crippen molar-refractivity contribution < 1.29 is 15.6 Å². The topological polar surface area (TPSA) is 69.4 Å². The summed E-state index contributed by atoms with van der Waals surface area (Å²) in [7, 11) is 0. The van der Waals surface area contributed by atoms with Gasteiger partial charge in [0.1, 0.15) is 0 Å². The summed E-state index contributed by atoms with van der Waals surface area (Å²) in [4.78, 5) is 0. The zero-order valence-electron chi connectivity index (χ0n) is 29.1. The van der Waals surface area contributed by atoms with Crippen molar-refractivity contribution in [1.29, 1.82) is 0 Å². The second-order valence-electron chi connectivity index (χ2n) is 15.3. The third-order valence-corrected chi connectivity index (χ3v) is 8.13. The Bertz CT molecular complexity index is 1250. The van der Waals surface area contributed by atoms with Gasteiger partial charge in [-0.3, -0.25) is 0 Å². The van der Waals surface area contributed by atoms with Crippen molar-refractivity contribution in [2.45, 2.75) is 120 Å². The van der Waals surface area contributed by atoms with E-state index >= 15 is 0 Å². The van der Waals surface area contributed by atoms with Crippen LogP contribution < -0.4 is 31.6 Å². The number of benzene rings is 3. The summed E-state index contributed by atoms with van der Waals surface area (Å²) in [6, 6.07) is 11.9. The molecule has 7 heteroatoms. The lowest BCUT2D eigenvalue weighted by Crippen LogP contribution is -2.57. The van der Waals surface area contributed by atoms with Crippen molar-refractivity contribution in [3.05, 3.63) is 69.8 Å². The van der Waals surface area contributed by atoms with E-state index in [1.54, 1.807) is 0 Å². The highest BCUT2D eigenvalue weighted by molar-refractivity contribution is 6.97. The smallest absolute Gasteiger partial charge is 0.215 e. The lowest BCUT2D eigenvalue weighted by molar-refractivity contribution is 0.102. The Labute approximate surface area is 260 Å². The third-order valence-electron chi connectivity index (χ3n) is 8.13. The first-order valence-electron chi connectivity index (χ1n) is 15.2. The summed E-state index contributed by atoms with van der Waals surface area (Å²) < 4.78 is 0. The number of nitrogens with zero attached hydrogens (tertiary/aromatic N) is 3. The van der Waals surface area contributed by atoms with E-state index in [0.717, 1.165) is 65.0 Å². The molecule has 3 radical (unpaired) electrons. The van der Waals surface area contributed by atoms with Crippen LogP contribution in [0.5, 0.6) is 0 Å². The molecule has 0 amide bonds. The molecule has 0 aliphatic rings. The van der Waals surface area contributed by atoms with E-state index in [2.05, 4.69) is 41.5 Å². The van der Waals surface area contributed by atoms with Gasteiger partial charge in [0.25, 0.3) is 0 Å². The van der Waals surface area contributed by atoms with Crippen LogP contribution >= 0.6 is 0 Å². The van der Waals surface area contributed by atoms with Gasteiger partial charge in [0.15, 0.2) is 0 Å². The zero-order chi connectivity index (χ0) is 33.0. The summed E-state index contributed by atoms with van der Waals surface area (Å²) >= 11 is 0. The van der Waals surface area contributed by atoms with Gasteiger partial charge in [0.05, 0.1) is 33.7 Å². The number of hydrogen-bond acceptors (Lipinski definition) is 3. The molecule has 3 aromatic rings. The van der Waals surface area contributed by atoms with Crippen LogP contribution in [0.1, 0.15) is 95.7 Å². The molecule has 0 saturated carbocycles. The molecule has 0 aliphatic heterocycles. The minimum atomic E-state index is -0.569. The quantitative estimate of drug-likeness (QED) is 0.234. The SMILES string of the molecule is Cc1cc(N([O])C(C)(C)C)cc(C)c1B(c1c(C)cc(N([O])C(C)(C)C)cc1C)c1c(C)cc(N([O])C(C)(C)C)cc1C. The average Bonchev–Trinajstić information content (AvgIpc) is 2.83. The van der Waals surface area contributed by atoms with Crippen molar-refractivity contribution in [1.82, 2.24) is 0 Å². The second kappa shape index (κ2) is 11.8. The Morgan fingerprint density at radius 3 is 0.698 bits per heavy atom. The van der Waals surface area contributed by atoms with Gasteiger partial charge < -0.3 is 0 Å². The van der Waals surface area contributed by atoms with E-state index in [0.29, 0.717) is 17.1 Å². The molecule has 43 heavy (non-hydrogen) atoms. The van der Waals surface area contributed by atoms with E-state index in [1.807, 2.05) is 98.7 Å². The minimum Gasteiger partial charge on any atom is -0.215 e. The van der Waals surface area contributed by atoms with Gasteiger partial charge in [-0.15, -0.1) is 0 Å². The normalized spacial score (nSPS) is 12.4. The molecular weight excluding hydrogens is 533 g/mol. The summed E-state index contributed by atoms with van der Waals surface area (Å²) in [5, 5.41) is 42.9. The van der Waals surface area contributed by atoms with Gasteiger partial charge >= 0.3 is 0 Å². The maximum atomic E-state index is 13.2. The first kappa shape index (κ1) is 34.5. The molecule has 3 aromatic carbocycles. The maximum Gasteiger partial charge on any atom is 0.243 e. The third kappa shape index (κ3) is 7.06. The molecule has 0 spiro atoms. The van der Waals surface area contributed by atoms with Gasteiger partial charge in [-0.1, -0.05) is 65.4 Å². The van der Waals surface area contributed by atoms with Gasteiger partial charge in [-0.25, -0.2) is 15.2 Å². The average molecular weight is 585 g/mol. The molecule has 6 nitrogen and oxygen atoms in total. The fourth-order valence-corrected chi connectivity index (χ4v) is 6.17. The molecule has 0 aromatic heterocycles. The Hall–Kier alpha value is -3.00. The zero-order valence-corrected chi connectivity index (χ0v) is 29.1. The molecule has 0 unspecified atom stereocenters. The summed E-state index contributed by atoms with van der Waals surface area (Å²) in [5.74, 6) is 0. The van der Waals surface area contributed by atoms with E-state index in [-0.39, 0.29) is 6.71 Å².